The van der Waals surface area contributed by atoms with Crippen LogP contribution in [0.1, 0.15) is 26.2 Å². The summed E-state index contributed by atoms with van der Waals surface area (Å²) in [7, 11) is 0. The normalized spacial score (nSPS) is 13.7. The van der Waals surface area contributed by atoms with Gasteiger partial charge in [0.05, 0.1) is 15.9 Å². The fraction of sp³-hybridized carbons (Fsp3) is 0.462. The van der Waals surface area contributed by atoms with E-state index in [1.54, 1.807) is 0 Å². The molecule has 1 aromatic carbocycles. The molecular formula is C13H18N4O6. The minimum atomic E-state index is -0.833. The quantitative estimate of drug-likeness (QED) is 0.486. The third kappa shape index (κ3) is 5.09. The largest absolute Gasteiger partial charge is 0.481 e. The van der Waals surface area contributed by atoms with Crippen LogP contribution in [0.15, 0.2) is 12.1 Å². The van der Waals surface area contributed by atoms with E-state index in [0.717, 1.165) is 32.3 Å². The molecule has 1 aromatic rings. The number of carboxylic acid groups (broad SMARTS) is 1. The maximum absolute atomic E-state index is 11.1. The Kier molecular flexibility index (Phi) is 6.24. The van der Waals surface area contributed by atoms with Crippen molar-refractivity contribution < 1.29 is 19.7 Å². The third-order valence-electron chi connectivity index (χ3n) is 3.21. The van der Waals surface area contributed by atoms with Crippen LogP contribution < -0.4 is 10.6 Å². The van der Waals surface area contributed by atoms with Crippen LogP contribution in [0.3, 0.4) is 0 Å². The van der Waals surface area contributed by atoms with Crippen LogP contribution in [-0.4, -0.2) is 34.0 Å². The first kappa shape index (κ1) is 18.1. The van der Waals surface area contributed by atoms with Gasteiger partial charge < -0.3 is 15.7 Å². The first-order chi connectivity index (χ1) is 10.7. The van der Waals surface area contributed by atoms with E-state index in [2.05, 4.69) is 0 Å². The summed E-state index contributed by atoms with van der Waals surface area (Å²) in [4.78, 5) is 31.4. The number of nitrogens with two attached hydrogens (primary N) is 1. The number of nitro groups is 2. The lowest BCUT2D eigenvalue weighted by atomic mass is 10.1. The zero-order chi connectivity index (χ0) is 17.6. The van der Waals surface area contributed by atoms with Gasteiger partial charge in [0.1, 0.15) is 11.4 Å². The van der Waals surface area contributed by atoms with Crippen LogP contribution in [0.25, 0.3) is 0 Å². The maximum atomic E-state index is 11.1. The van der Waals surface area contributed by atoms with E-state index in [1.807, 2.05) is 4.90 Å². The molecule has 3 N–H and O–H groups in total. The third-order valence-corrected chi connectivity index (χ3v) is 3.21. The average molecular weight is 326 g/mol. The Morgan fingerprint density at radius 2 is 1.61 bits per heavy atom. The summed E-state index contributed by atoms with van der Waals surface area (Å²) in [6.07, 6.45) is 2.99. The number of nitrogens with zero attached hydrogens (tertiary/aromatic N) is 3. The van der Waals surface area contributed by atoms with Crippen molar-refractivity contribution in [3.8, 4) is 0 Å². The number of aliphatic carboxylic acids is 1. The van der Waals surface area contributed by atoms with Gasteiger partial charge in [0.15, 0.2) is 0 Å². The van der Waals surface area contributed by atoms with E-state index in [-0.39, 0.29) is 11.4 Å². The minimum absolute atomic E-state index is 0.0452. The minimum Gasteiger partial charge on any atom is -0.481 e. The number of hydrogen-bond donors (Lipinski definition) is 2. The molecule has 0 aromatic heterocycles. The smallest absolute Gasteiger partial charge is 0.300 e. The van der Waals surface area contributed by atoms with E-state index in [9.17, 15) is 20.2 Å². The summed E-state index contributed by atoms with van der Waals surface area (Å²) < 4.78 is 0. The monoisotopic (exact) mass is 326 g/mol. The zero-order valence-electron chi connectivity index (χ0n) is 12.6. The number of nitrogen functional groups attached to an aromatic ring is 1. The number of carbonyl (C=O) groups is 1. The van der Waals surface area contributed by atoms with Crippen LogP contribution in [0.5, 0.6) is 0 Å². The van der Waals surface area contributed by atoms with E-state index >= 15 is 0 Å². The van der Waals surface area contributed by atoms with Gasteiger partial charge >= 0.3 is 0 Å². The van der Waals surface area contributed by atoms with Crippen molar-refractivity contribution in [1.82, 2.24) is 0 Å². The van der Waals surface area contributed by atoms with Gasteiger partial charge in [-0.2, -0.15) is 0 Å². The lowest BCUT2D eigenvalue weighted by molar-refractivity contribution is -0.393. The summed E-state index contributed by atoms with van der Waals surface area (Å²) in [5.74, 6) is -0.833. The summed E-state index contributed by atoms with van der Waals surface area (Å²) in [5, 5.41) is 29.3. The molecule has 1 heterocycles. The molecule has 0 bridgehead atoms. The van der Waals surface area contributed by atoms with Crippen LogP contribution in [0.4, 0.5) is 22.7 Å². The number of anilines is 2. The SMILES string of the molecule is CC(=O)O.Nc1cc(N2CCCCC2)c([N+](=O)[O-])cc1[N+](=O)[O-]. The molecule has 1 aliphatic heterocycles. The van der Waals surface area contributed by atoms with Crippen molar-refractivity contribution in [1.29, 1.82) is 0 Å². The Hall–Kier alpha value is -2.91. The summed E-state index contributed by atoms with van der Waals surface area (Å²) >= 11 is 0. The van der Waals surface area contributed by atoms with Gasteiger partial charge in [-0.3, -0.25) is 25.0 Å². The molecule has 23 heavy (non-hydrogen) atoms. The Labute approximate surface area is 131 Å². The Morgan fingerprint density at radius 3 is 2.04 bits per heavy atom. The van der Waals surface area contributed by atoms with E-state index < -0.39 is 21.5 Å². The number of piperidine rings is 1. The van der Waals surface area contributed by atoms with Gasteiger partial charge in [-0.25, -0.2) is 0 Å². The molecule has 0 spiro atoms. The molecule has 126 valence electrons. The molecule has 2 rings (SSSR count). The molecule has 0 unspecified atom stereocenters. The van der Waals surface area contributed by atoms with Crippen molar-refractivity contribution in [2.75, 3.05) is 23.7 Å². The standard InChI is InChI=1S/C11H14N4O4.C2H4O2/c12-8-6-10(13-4-2-1-3-5-13)11(15(18)19)7-9(8)14(16)17;1-2(3)4/h6-7H,1-5,12H2;1H3,(H,3,4). The second-order valence-corrected chi connectivity index (χ2v) is 4.98. The lowest BCUT2D eigenvalue weighted by Gasteiger charge is -2.28. The van der Waals surface area contributed by atoms with Crippen molar-refractivity contribution in [2.45, 2.75) is 26.2 Å². The van der Waals surface area contributed by atoms with E-state index in [4.69, 9.17) is 15.6 Å². The molecule has 0 radical (unpaired) electrons. The molecule has 10 heteroatoms. The van der Waals surface area contributed by atoms with E-state index in [0.29, 0.717) is 18.8 Å². The fourth-order valence-corrected chi connectivity index (χ4v) is 2.27. The first-order valence-corrected chi connectivity index (χ1v) is 6.90. The van der Waals surface area contributed by atoms with Crippen LogP contribution in [0.2, 0.25) is 0 Å². The summed E-state index contributed by atoms with van der Waals surface area (Å²) in [6, 6.07) is 2.28. The van der Waals surface area contributed by atoms with Gasteiger partial charge in [-0.05, 0) is 25.3 Å². The highest BCUT2D eigenvalue weighted by atomic mass is 16.6. The predicted octanol–water partition coefficient (Wildman–Crippen LogP) is 2.17. The Balaban J connectivity index is 0.000000593. The Bertz CT molecular complexity index is 609. The maximum Gasteiger partial charge on any atom is 0.300 e. The predicted molar refractivity (Wildman–Crippen MR) is 83.5 cm³/mol. The van der Waals surface area contributed by atoms with Crippen LogP contribution >= 0.6 is 0 Å². The van der Waals surface area contributed by atoms with Crippen molar-refractivity contribution in [2.24, 2.45) is 0 Å². The topological polar surface area (TPSA) is 153 Å². The Morgan fingerprint density at radius 1 is 1.13 bits per heavy atom. The molecule has 1 fully saturated rings. The average Bonchev–Trinajstić information content (AvgIpc) is 2.46. The van der Waals surface area contributed by atoms with Gasteiger partial charge in [-0.1, -0.05) is 0 Å². The number of benzene rings is 1. The molecular weight excluding hydrogens is 308 g/mol. The second kappa shape index (κ2) is 7.92. The van der Waals surface area contributed by atoms with Gasteiger partial charge in [0.2, 0.25) is 0 Å². The number of rotatable bonds is 3. The highest BCUT2D eigenvalue weighted by molar-refractivity contribution is 5.76. The van der Waals surface area contributed by atoms with Crippen LogP contribution in [-0.2, 0) is 4.79 Å². The fourth-order valence-electron chi connectivity index (χ4n) is 2.27. The first-order valence-electron chi connectivity index (χ1n) is 6.90. The van der Waals surface area contributed by atoms with Gasteiger partial charge in [0, 0.05) is 20.0 Å². The highest BCUT2D eigenvalue weighted by Gasteiger charge is 2.27. The molecule has 10 nitrogen and oxygen atoms in total. The second-order valence-electron chi connectivity index (χ2n) is 4.98. The zero-order valence-corrected chi connectivity index (χ0v) is 12.6. The summed E-state index contributed by atoms with van der Waals surface area (Å²) in [6.45, 7) is 2.50. The molecule has 1 aliphatic rings. The molecule has 0 saturated carbocycles. The van der Waals surface area contributed by atoms with Crippen molar-refractivity contribution in [3.63, 3.8) is 0 Å². The lowest BCUT2D eigenvalue weighted by Crippen LogP contribution is -2.30. The van der Waals surface area contributed by atoms with Gasteiger partial charge in [0.25, 0.3) is 17.3 Å². The number of carboxylic acids is 1. The molecule has 1 saturated heterocycles. The van der Waals surface area contributed by atoms with Crippen molar-refractivity contribution in [3.05, 3.63) is 32.4 Å². The van der Waals surface area contributed by atoms with Crippen molar-refractivity contribution >= 4 is 28.7 Å². The van der Waals surface area contributed by atoms with Crippen LogP contribution in [0, 0.1) is 20.2 Å². The molecule has 0 amide bonds. The molecule has 0 atom stereocenters. The van der Waals surface area contributed by atoms with E-state index in [1.165, 1.54) is 6.07 Å². The van der Waals surface area contributed by atoms with Gasteiger partial charge in [-0.15, -0.1) is 0 Å². The summed E-state index contributed by atoms with van der Waals surface area (Å²) in [5.41, 5.74) is 5.25. The number of nitro benzene ring substituents is 2. The molecule has 0 aliphatic carbocycles. The number of hydrogen-bond acceptors (Lipinski definition) is 7. The highest BCUT2D eigenvalue weighted by Crippen LogP contribution is 2.37.